The Balaban J connectivity index is 1.90. The Hall–Kier alpha value is -2.27. The third-order valence-electron chi connectivity index (χ3n) is 4.60. The van der Waals surface area contributed by atoms with Crippen LogP contribution < -0.4 is 16.0 Å². The predicted molar refractivity (Wildman–Crippen MR) is 101 cm³/mol. The van der Waals surface area contributed by atoms with Gasteiger partial charge in [0.25, 0.3) is 5.91 Å². The molecule has 1 saturated heterocycles. The van der Waals surface area contributed by atoms with Gasteiger partial charge in [-0.05, 0) is 50.5 Å². The minimum atomic E-state index is -0.573. The maximum Gasteiger partial charge on any atom is 0.258 e. The fraction of sp³-hybridized carbons (Fsp3) is 0.316. The SMILES string of the molecule is C[C@H]1CCCCN1c1cc(NC(=O)c2ccccc2F)c(Cl)cc1N. The molecule has 2 aromatic carbocycles. The van der Waals surface area contributed by atoms with E-state index in [9.17, 15) is 9.18 Å². The lowest BCUT2D eigenvalue weighted by atomic mass is 10.0. The van der Waals surface area contributed by atoms with E-state index in [4.69, 9.17) is 17.3 Å². The molecule has 1 amide bonds. The molecule has 0 radical (unpaired) electrons. The molecule has 0 aliphatic carbocycles. The monoisotopic (exact) mass is 361 g/mol. The molecule has 1 atom stereocenters. The highest BCUT2D eigenvalue weighted by Gasteiger charge is 2.22. The number of anilines is 3. The largest absolute Gasteiger partial charge is 0.397 e. The van der Waals surface area contributed by atoms with Gasteiger partial charge in [-0.15, -0.1) is 0 Å². The average Bonchev–Trinajstić information content (AvgIpc) is 2.58. The number of rotatable bonds is 3. The second kappa shape index (κ2) is 7.31. The van der Waals surface area contributed by atoms with Crippen LogP contribution in [-0.4, -0.2) is 18.5 Å². The van der Waals surface area contributed by atoms with Crippen LogP contribution in [0.4, 0.5) is 21.5 Å². The van der Waals surface area contributed by atoms with Gasteiger partial charge in [-0.1, -0.05) is 23.7 Å². The summed E-state index contributed by atoms with van der Waals surface area (Å²) < 4.78 is 13.8. The molecular formula is C19H21ClFN3O. The Morgan fingerprint density at radius 1 is 1.32 bits per heavy atom. The fourth-order valence-corrected chi connectivity index (χ4v) is 3.43. The van der Waals surface area contributed by atoms with Crippen LogP contribution in [0.25, 0.3) is 0 Å². The van der Waals surface area contributed by atoms with Crippen molar-refractivity contribution in [3.63, 3.8) is 0 Å². The molecule has 3 rings (SSSR count). The average molecular weight is 362 g/mol. The van der Waals surface area contributed by atoms with Crippen molar-refractivity contribution >= 4 is 34.6 Å². The summed E-state index contributed by atoms with van der Waals surface area (Å²) in [6, 6.07) is 9.62. The number of carbonyl (C=O) groups excluding carboxylic acids is 1. The highest BCUT2D eigenvalue weighted by molar-refractivity contribution is 6.34. The van der Waals surface area contributed by atoms with Gasteiger partial charge in [0.2, 0.25) is 0 Å². The molecule has 3 N–H and O–H groups in total. The van der Waals surface area contributed by atoms with Crippen LogP contribution in [-0.2, 0) is 0 Å². The van der Waals surface area contributed by atoms with Gasteiger partial charge in [0.05, 0.1) is 27.6 Å². The Bertz CT molecular complexity index is 796. The molecular weight excluding hydrogens is 341 g/mol. The highest BCUT2D eigenvalue weighted by atomic mass is 35.5. The number of carbonyl (C=O) groups is 1. The van der Waals surface area contributed by atoms with E-state index in [2.05, 4.69) is 17.1 Å². The molecule has 0 bridgehead atoms. The van der Waals surface area contributed by atoms with Crippen molar-refractivity contribution in [1.82, 2.24) is 0 Å². The smallest absolute Gasteiger partial charge is 0.258 e. The summed E-state index contributed by atoms with van der Waals surface area (Å²) in [5.74, 6) is -1.11. The summed E-state index contributed by atoms with van der Waals surface area (Å²) >= 11 is 6.24. The van der Waals surface area contributed by atoms with Crippen molar-refractivity contribution in [3.8, 4) is 0 Å². The van der Waals surface area contributed by atoms with Crippen LogP contribution in [0.5, 0.6) is 0 Å². The number of hydrogen-bond donors (Lipinski definition) is 2. The van der Waals surface area contributed by atoms with E-state index in [-0.39, 0.29) is 5.56 Å². The van der Waals surface area contributed by atoms with E-state index in [1.807, 2.05) is 0 Å². The van der Waals surface area contributed by atoms with Crippen molar-refractivity contribution in [2.24, 2.45) is 0 Å². The van der Waals surface area contributed by atoms with Gasteiger partial charge in [-0.2, -0.15) is 0 Å². The first-order chi connectivity index (χ1) is 12.0. The van der Waals surface area contributed by atoms with Crippen molar-refractivity contribution < 1.29 is 9.18 Å². The Morgan fingerprint density at radius 2 is 2.08 bits per heavy atom. The minimum absolute atomic E-state index is 0.0247. The lowest BCUT2D eigenvalue weighted by Crippen LogP contribution is -2.37. The van der Waals surface area contributed by atoms with E-state index in [0.29, 0.717) is 22.4 Å². The fourth-order valence-electron chi connectivity index (χ4n) is 3.21. The van der Waals surface area contributed by atoms with Crippen LogP contribution in [0.15, 0.2) is 36.4 Å². The first kappa shape index (κ1) is 17.5. The first-order valence-corrected chi connectivity index (χ1v) is 8.76. The quantitative estimate of drug-likeness (QED) is 0.779. The topological polar surface area (TPSA) is 58.4 Å². The van der Waals surface area contributed by atoms with E-state index in [1.54, 1.807) is 18.2 Å². The molecule has 132 valence electrons. The zero-order valence-electron chi connectivity index (χ0n) is 14.1. The number of halogens is 2. The molecule has 2 aromatic rings. The molecule has 1 heterocycles. The third kappa shape index (κ3) is 3.71. The lowest BCUT2D eigenvalue weighted by molar-refractivity contribution is 0.102. The van der Waals surface area contributed by atoms with E-state index >= 15 is 0 Å². The first-order valence-electron chi connectivity index (χ1n) is 8.39. The summed E-state index contributed by atoms with van der Waals surface area (Å²) in [4.78, 5) is 14.6. The van der Waals surface area contributed by atoms with Crippen LogP contribution in [0.2, 0.25) is 5.02 Å². The highest BCUT2D eigenvalue weighted by Crippen LogP contribution is 2.36. The standard InChI is InChI=1S/C19H21ClFN3O/c1-12-6-4-5-9-24(12)18-11-17(14(20)10-16(18)22)23-19(25)13-7-2-3-8-15(13)21/h2-3,7-8,10-12H,4-6,9,22H2,1H3,(H,23,25)/t12-/m0/s1. The van der Waals surface area contributed by atoms with Crippen LogP contribution in [0.1, 0.15) is 36.5 Å². The second-order valence-electron chi connectivity index (χ2n) is 6.36. The van der Waals surface area contributed by atoms with E-state index in [0.717, 1.165) is 25.1 Å². The molecule has 0 spiro atoms. The molecule has 1 aliphatic rings. The summed E-state index contributed by atoms with van der Waals surface area (Å²) in [5.41, 5.74) is 7.97. The van der Waals surface area contributed by atoms with Crippen molar-refractivity contribution in [3.05, 3.63) is 52.8 Å². The number of nitrogens with one attached hydrogen (secondary N) is 1. The molecule has 1 aliphatic heterocycles. The minimum Gasteiger partial charge on any atom is -0.397 e. The lowest BCUT2D eigenvalue weighted by Gasteiger charge is -2.36. The number of nitrogens with two attached hydrogens (primary N) is 1. The molecule has 0 aromatic heterocycles. The van der Waals surface area contributed by atoms with Crippen molar-refractivity contribution in [1.29, 1.82) is 0 Å². The number of nitrogens with zero attached hydrogens (tertiary/aromatic N) is 1. The van der Waals surface area contributed by atoms with Gasteiger partial charge >= 0.3 is 0 Å². The van der Waals surface area contributed by atoms with Gasteiger partial charge in [0, 0.05) is 12.6 Å². The molecule has 6 heteroatoms. The molecule has 0 unspecified atom stereocenters. The Morgan fingerprint density at radius 3 is 2.80 bits per heavy atom. The Kier molecular flexibility index (Phi) is 5.13. The number of piperidine rings is 1. The van der Waals surface area contributed by atoms with Gasteiger partial charge in [0.15, 0.2) is 0 Å². The summed E-state index contributed by atoms with van der Waals surface area (Å²) in [5, 5.41) is 3.03. The number of hydrogen-bond acceptors (Lipinski definition) is 3. The number of benzene rings is 2. The van der Waals surface area contributed by atoms with E-state index in [1.165, 1.54) is 24.6 Å². The van der Waals surface area contributed by atoms with E-state index < -0.39 is 11.7 Å². The maximum atomic E-state index is 13.8. The Labute approximate surface area is 151 Å². The van der Waals surface area contributed by atoms with Crippen LogP contribution in [0.3, 0.4) is 0 Å². The molecule has 0 saturated carbocycles. The normalized spacial score (nSPS) is 17.4. The summed E-state index contributed by atoms with van der Waals surface area (Å²) in [6.07, 6.45) is 3.39. The summed E-state index contributed by atoms with van der Waals surface area (Å²) in [6.45, 7) is 3.07. The zero-order chi connectivity index (χ0) is 18.0. The second-order valence-corrected chi connectivity index (χ2v) is 6.77. The van der Waals surface area contributed by atoms with Crippen molar-refractivity contribution in [2.75, 3.05) is 22.5 Å². The molecule has 25 heavy (non-hydrogen) atoms. The molecule has 4 nitrogen and oxygen atoms in total. The van der Waals surface area contributed by atoms with Crippen molar-refractivity contribution in [2.45, 2.75) is 32.2 Å². The third-order valence-corrected chi connectivity index (χ3v) is 4.91. The van der Waals surface area contributed by atoms with Gasteiger partial charge in [-0.3, -0.25) is 4.79 Å². The number of amides is 1. The summed E-state index contributed by atoms with van der Waals surface area (Å²) in [7, 11) is 0. The van der Waals surface area contributed by atoms with Gasteiger partial charge in [-0.25, -0.2) is 4.39 Å². The van der Waals surface area contributed by atoms with Gasteiger partial charge in [0.1, 0.15) is 5.82 Å². The molecule has 1 fully saturated rings. The number of nitrogen functional groups attached to an aromatic ring is 1. The maximum absolute atomic E-state index is 13.8. The van der Waals surface area contributed by atoms with Crippen LogP contribution in [0, 0.1) is 5.82 Å². The van der Waals surface area contributed by atoms with Gasteiger partial charge < -0.3 is 16.0 Å². The predicted octanol–water partition coefficient (Wildman–Crippen LogP) is 4.69. The zero-order valence-corrected chi connectivity index (χ0v) is 14.8. The van der Waals surface area contributed by atoms with Crippen LogP contribution >= 0.6 is 11.6 Å².